The first-order chi connectivity index (χ1) is 13.5. The Morgan fingerprint density at radius 2 is 2.11 bits per heavy atom. The Bertz CT molecular complexity index is 703. The summed E-state index contributed by atoms with van der Waals surface area (Å²) < 4.78 is 12.1. The average molecular weight is 458 g/mol. The molecular formula is C19H28BrN3O5. The van der Waals surface area contributed by atoms with E-state index in [9.17, 15) is 9.90 Å². The number of ether oxygens (including phenoxy) is 2. The Morgan fingerprint density at radius 1 is 1.36 bits per heavy atom. The monoisotopic (exact) mass is 457 g/mol. The van der Waals surface area contributed by atoms with Crippen LogP contribution in [0.3, 0.4) is 0 Å². The van der Waals surface area contributed by atoms with Gasteiger partial charge in [0.15, 0.2) is 11.5 Å². The number of β-amino-alcohol motifs (C(OH)–C–C–N with tert-alkyl or cyclic N) is 1. The van der Waals surface area contributed by atoms with Crippen LogP contribution >= 0.6 is 15.9 Å². The molecule has 1 unspecified atom stereocenters. The molecule has 1 fully saturated rings. The molecular weight excluding hydrogens is 430 g/mol. The highest BCUT2D eigenvalue weighted by molar-refractivity contribution is 9.10. The second-order valence-electron chi connectivity index (χ2n) is 7.24. The van der Waals surface area contributed by atoms with Gasteiger partial charge in [-0.3, -0.25) is 4.79 Å². The van der Waals surface area contributed by atoms with E-state index in [4.69, 9.17) is 20.3 Å². The molecule has 2 atom stereocenters. The van der Waals surface area contributed by atoms with Gasteiger partial charge in [0.2, 0.25) is 0 Å². The van der Waals surface area contributed by atoms with Gasteiger partial charge in [0.05, 0.1) is 35.0 Å². The van der Waals surface area contributed by atoms with Crippen LogP contribution in [0.2, 0.25) is 0 Å². The second kappa shape index (κ2) is 9.78. The number of fused-ring (bicyclic) bond motifs is 1. The van der Waals surface area contributed by atoms with Crippen LogP contribution in [-0.4, -0.2) is 73.1 Å². The van der Waals surface area contributed by atoms with E-state index in [-0.39, 0.29) is 18.4 Å². The predicted molar refractivity (Wildman–Crippen MR) is 109 cm³/mol. The second-order valence-corrected chi connectivity index (χ2v) is 8.03. The van der Waals surface area contributed by atoms with Crippen molar-refractivity contribution in [2.45, 2.75) is 25.4 Å². The van der Waals surface area contributed by atoms with Crippen molar-refractivity contribution in [3.05, 3.63) is 16.1 Å². The molecule has 2 aliphatic heterocycles. The van der Waals surface area contributed by atoms with E-state index in [2.05, 4.69) is 26.1 Å². The van der Waals surface area contributed by atoms with Crippen LogP contribution in [0, 0.1) is 5.92 Å². The van der Waals surface area contributed by atoms with E-state index >= 15 is 0 Å². The maximum absolute atomic E-state index is 12.8. The molecule has 0 aromatic heterocycles. The maximum Gasteiger partial charge on any atom is 0.255 e. The third-order valence-electron chi connectivity index (χ3n) is 5.19. The average Bonchev–Trinajstić information content (AvgIpc) is 2.94. The molecule has 3 rings (SSSR count). The van der Waals surface area contributed by atoms with Crippen LogP contribution in [0.4, 0.5) is 5.69 Å². The number of hydrogen-bond donors (Lipinski definition) is 4. The minimum absolute atomic E-state index is 0.0158. The van der Waals surface area contributed by atoms with Crippen LogP contribution in [-0.2, 0) is 0 Å². The van der Waals surface area contributed by atoms with E-state index < -0.39 is 6.10 Å². The number of nitrogens with one attached hydrogen (secondary N) is 1. The molecule has 1 aromatic rings. The Hall–Kier alpha value is -1.55. The van der Waals surface area contributed by atoms with Gasteiger partial charge in [-0.15, -0.1) is 0 Å². The normalized spacial score (nSPS) is 22.5. The number of amides is 1. The Balaban J connectivity index is 1.63. The highest BCUT2D eigenvalue weighted by atomic mass is 79.9. The number of nitrogens with zero attached hydrogens (tertiary/aromatic N) is 1. The molecule has 1 aromatic carbocycles. The molecule has 156 valence electrons. The Morgan fingerprint density at radius 3 is 2.82 bits per heavy atom. The molecule has 28 heavy (non-hydrogen) atoms. The zero-order valence-corrected chi connectivity index (χ0v) is 17.4. The summed E-state index contributed by atoms with van der Waals surface area (Å²) in [4.78, 5) is 14.9. The minimum Gasteiger partial charge on any atom is -0.489 e. The van der Waals surface area contributed by atoms with Crippen molar-refractivity contribution in [2.75, 3.05) is 51.7 Å². The first-order valence-electron chi connectivity index (χ1n) is 9.68. The van der Waals surface area contributed by atoms with Gasteiger partial charge in [0.1, 0.15) is 0 Å². The fourth-order valence-electron chi connectivity index (χ4n) is 3.59. The van der Waals surface area contributed by atoms with Crippen molar-refractivity contribution in [1.29, 1.82) is 0 Å². The number of nitrogen functional groups attached to an aromatic ring is 1. The van der Waals surface area contributed by atoms with E-state index in [1.54, 1.807) is 6.07 Å². The van der Waals surface area contributed by atoms with Crippen molar-refractivity contribution in [2.24, 2.45) is 5.92 Å². The van der Waals surface area contributed by atoms with Crippen LogP contribution in [0.25, 0.3) is 0 Å². The number of anilines is 1. The number of carbonyl (C=O) groups is 1. The van der Waals surface area contributed by atoms with Gasteiger partial charge in [-0.2, -0.15) is 0 Å². The molecule has 2 aliphatic rings. The summed E-state index contributed by atoms with van der Waals surface area (Å²) in [5.74, 6) is 0.545. The quantitative estimate of drug-likeness (QED) is 0.470. The zero-order chi connectivity index (χ0) is 20.1. The predicted octanol–water partition coefficient (Wildman–Crippen LogP) is 0.988. The molecule has 5 N–H and O–H groups in total. The number of likely N-dealkylation sites (tertiary alicyclic amines) is 1. The van der Waals surface area contributed by atoms with Gasteiger partial charge in [-0.25, -0.2) is 0 Å². The summed E-state index contributed by atoms with van der Waals surface area (Å²) >= 11 is 3.40. The van der Waals surface area contributed by atoms with Gasteiger partial charge in [-0.05, 0) is 41.4 Å². The number of rotatable bonds is 6. The van der Waals surface area contributed by atoms with Crippen molar-refractivity contribution < 1.29 is 24.5 Å². The summed E-state index contributed by atoms with van der Waals surface area (Å²) in [5, 5.41) is 22.3. The SMILES string of the molecule is Nc1cc(C(=O)NC[C@@H]2CCN(CCCO)CC2O)c2c(c1Br)OCCCO2. The molecule has 2 heterocycles. The Labute approximate surface area is 173 Å². The molecule has 0 bridgehead atoms. The maximum atomic E-state index is 12.8. The van der Waals surface area contributed by atoms with Gasteiger partial charge in [0.25, 0.3) is 5.91 Å². The standard InChI is InChI=1S/C19H28BrN3O5/c20-16-14(21)9-13(17-18(16)28-8-2-7-27-17)19(26)22-10-12-3-5-23(4-1-6-24)11-15(12)25/h9,12,15,24-25H,1-8,10-11,21H2,(H,22,26)/t12-,15?/m0/s1. The molecule has 0 spiro atoms. The summed E-state index contributed by atoms with van der Waals surface area (Å²) in [6.07, 6.45) is 1.70. The van der Waals surface area contributed by atoms with Crippen molar-refractivity contribution in [3.8, 4) is 11.5 Å². The van der Waals surface area contributed by atoms with Crippen molar-refractivity contribution in [1.82, 2.24) is 10.2 Å². The van der Waals surface area contributed by atoms with Gasteiger partial charge in [0, 0.05) is 38.6 Å². The van der Waals surface area contributed by atoms with Crippen LogP contribution in [0.5, 0.6) is 11.5 Å². The van der Waals surface area contributed by atoms with E-state index in [0.29, 0.717) is 59.9 Å². The number of aliphatic hydroxyl groups is 2. The number of hydrogen-bond acceptors (Lipinski definition) is 7. The van der Waals surface area contributed by atoms with Crippen LogP contribution in [0.1, 0.15) is 29.6 Å². The third-order valence-corrected chi connectivity index (χ3v) is 6.01. The fraction of sp³-hybridized carbons (Fsp3) is 0.632. The number of carbonyl (C=O) groups excluding carboxylic acids is 1. The number of piperidine rings is 1. The first kappa shape index (κ1) is 21.2. The van der Waals surface area contributed by atoms with Gasteiger partial charge < -0.3 is 35.6 Å². The molecule has 9 heteroatoms. The minimum atomic E-state index is -0.514. The highest BCUT2D eigenvalue weighted by Gasteiger charge is 2.29. The van der Waals surface area contributed by atoms with Crippen LogP contribution in [0.15, 0.2) is 10.5 Å². The molecule has 1 amide bonds. The molecule has 8 nitrogen and oxygen atoms in total. The van der Waals surface area contributed by atoms with E-state index in [1.165, 1.54) is 0 Å². The summed E-state index contributed by atoms with van der Waals surface area (Å²) in [6, 6.07) is 1.58. The largest absolute Gasteiger partial charge is 0.489 e. The smallest absolute Gasteiger partial charge is 0.255 e. The molecule has 0 saturated carbocycles. The topological polar surface area (TPSA) is 117 Å². The third kappa shape index (κ3) is 4.89. The lowest BCUT2D eigenvalue weighted by molar-refractivity contribution is 0.0201. The molecule has 0 radical (unpaired) electrons. The number of benzene rings is 1. The van der Waals surface area contributed by atoms with E-state index in [1.807, 2.05) is 0 Å². The number of aliphatic hydroxyl groups excluding tert-OH is 2. The van der Waals surface area contributed by atoms with Gasteiger partial charge >= 0.3 is 0 Å². The number of halogens is 1. The van der Waals surface area contributed by atoms with Crippen molar-refractivity contribution in [3.63, 3.8) is 0 Å². The lowest BCUT2D eigenvalue weighted by atomic mass is 9.93. The highest BCUT2D eigenvalue weighted by Crippen LogP contribution is 2.43. The van der Waals surface area contributed by atoms with E-state index in [0.717, 1.165) is 25.9 Å². The number of nitrogens with two attached hydrogens (primary N) is 1. The molecule has 0 aliphatic carbocycles. The fourth-order valence-corrected chi connectivity index (χ4v) is 3.99. The first-order valence-corrected chi connectivity index (χ1v) is 10.5. The van der Waals surface area contributed by atoms with Gasteiger partial charge in [-0.1, -0.05) is 0 Å². The summed E-state index contributed by atoms with van der Waals surface area (Å²) in [6.45, 7) is 3.66. The lowest BCUT2D eigenvalue weighted by Crippen LogP contribution is -2.48. The Kier molecular flexibility index (Phi) is 7.39. The lowest BCUT2D eigenvalue weighted by Gasteiger charge is -2.36. The summed E-state index contributed by atoms with van der Waals surface area (Å²) in [7, 11) is 0. The van der Waals surface area contributed by atoms with Crippen LogP contribution < -0.4 is 20.5 Å². The molecule has 1 saturated heterocycles. The zero-order valence-electron chi connectivity index (χ0n) is 15.8. The van der Waals surface area contributed by atoms with Crippen molar-refractivity contribution >= 4 is 27.5 Å². The summed E-state index contributed by atoms with van der Waals surface area (Å²) in [5.41, 5.74) is 6.77.